The second-order valence-electron chi connectivity index (χ2n) is 2.14. The summed E-state index contributed by atoms with van der Waals surface area (Å²) in [7, 11) is 0. The maximum absolute atomic E-state index is 5.29. The fourth-order valence-corrected chi connectivity index (χ4v) is 1.04. The van der Waals surface area contributed by atoms with Gasteiger partial charge in [-0.2, -0.15) is 11.8 Å². The molecule has 0 saturated carbocycles. The van der Waals surface area contributed by atoms with Crippen LogP contribution in [0.5, 0.6) is 0 Å². The van der Waals surface area contributed by atoms with E-state index in [0.717, 1.165) is 31.3 Å². The van der Waals surface area contributed by atoms with Crippen molar-refractivity contribution >= 4 is 11.8 Å². The third-order valence-electron chi connectivity index (χ3n) is 1.22. The molecule has 1 fully saturated rings. The van der Waals surface area contributed by atoms with Crippen LogP contribution < -0.4 is 0 Å². The van der Waals surface area contributed by atoms with E-state index in [9.17, 15) is 0 Å². The van der Waals surface area contributed by atoms with E-state index in [1.807, 2.05) is 0 Å². The summed E-state index contributed by atoms with van der Waals surface area (Å²) in [5.74, 6) is 1.99. The average Bonchev–Trinajstić information content (AvgIpc) is 2.71. The summed E-state index contributed by atoms with van der Waals surface area (Å²) in [5, 5.41) is 0. The van der Waals surface area contributed by atoms with Gasteiger partial charge in [0.15, 0.2) is 0 Å². The molecule has 1 saturated heterocycles. The van der Waals surface area contributed by atoms with Crippen molar-refractivity contribution < 1.29 is 9.47 Å². The highest BCUT2D eigenvalue weighted by atomic mass is 32.2. The van der Waals surface area contributed by atoms with Gasteiger partial charge in [0.25, 0.3) is 0 Å². The van der Waals surface area contributed by atoms with Crippen molar-refractivity contribution in [2.45, 2.75) is 6.10 Å². The van der Waals surface area contributed by atoms with Gasteiger partial charge in [-0.3, -0.25) is 0 Å². The first-order chi connectivity index (χ1) is 4.93. The van der Waals surface area contributed by atoms with Crippen molar-refractivity contribution in [3.05, 3.63) is 6.92 Å². The first-order valence-corrected chi connectivity index (χ1v) is 4.65. The van der Waals surface area contributed by atoms with Crippen LogP contribution in [0.25, 0.3) is 0 Å². The standard InChI is InChI=1S/C7H13O2S/c1-2-10-4-3-8-5-7-6-9-7/h7H,1-6H2. The predicted octanol–water partition coefficient (Wildman–Crippen LogP) is 0.969. The minimum Gasteiger partial charge on any atom is -0.378 e. The van der Waals surface area contributed by atoms with Crippen LogP contribution in [-0.4, -0.2) is 37.4 Å². The predicted molar refractivity (Wildman–Crippen MR) is 43.2 cm³/mol. The van der Waals surface area contributed by atoms with Crippen molar-refractivity contribution in [1.82, 2.24) is 0 Å². The summed E-state index contributed by atoms with van der Waals surface area (Å²) in [4.78, 5) is 0. The molecule has 0 aromatic heterocycles. The zero-order chi connectivity index (χ0) is 7.23. The van der Waals surface area contributed by atoms with E-state index in [-0.39, 0.29) is 0 Å². The summed E-state index contributed by atoms with van der Waals surface area (Å²) in [6, 6.07) is 0. The van der Waals surface area contributed by atoms with Crippen molar-refractivity contribution in [2.75, 3.05) is 31.3 Å². The van der Waals surface area contributed by atoms with Crippen molar-refractivity contribution in [1.29, 1.82) is 0 Å². The van der Waals surface area contributed by atoms with Crippen LogP contribution in [0.15, 0.2) is 0 Å². The van der Waals surface area contributed by atoms with Gasteiger partial charge in [-0.05, 0) is 12.7 Å². The van der Waals surface area contributed by atoms with Crippen LogP contribution in [0.1, 0.15) is 0 Å². The molecular weight excluding hydrogens is 148 g/mol. The Morgan fingerprint density at radius 2 is 2.50 bits per heavy atom. The molecule has 0 aliphatic carbocycles. The van der Waals surface area contributed by atoms with E-state index < -0.39 is 0 Å². The highest BCUT2D eigenvalue weighted by Gasteiger charge is 2.21. The minimum atomic E-state index is 0.407. The number of thioether (sulfide) groups is 1. The van der Waals surface area contributed by atoms with Gasteiger partial charge in [0.2, 0.25) is 0 Å². The van der Waals surface area contributed by atoms with Crippen molar-refractivity contribution in [3.63, 3.8) is 0 Å². The Kier molecular flexibility index (Phi) is 4.18. The highest BCUT2D eigenvalue weighted by Crippen LogP contribution is 2.08. The summed E-state index contributed by atoms with van der Waals surface area (Å²) in [6.07, 6.45) is 0.407. The summed E-state index contributed by atoms with van der Waals surface area (Å²) < 4.78 is 10.3. The minimum absolute atomic E-state index is 0.407. The van der Waals surface area contributed by atoms with Gasteiger partial charge >= 0.3 is 0 Å². The van der Waals surface area contributed by atoms with Crippen LogP contribution in [-0.2, 0) is 9.47 Å². The first kappa shape index (κ1) is 8.37. The molecule has 3 heteroatoms. The molecule has 1 aliphatic heterocycles. The summed E-state index contributed by atoms with van der Waals surface area (Å²) in [6.45, 7) is 6.21. The monoisotopic (exact) mass is 161 g/mol. The van der Waals surface area contributed by atoms with Gasteiger partial charge in [0, 0.05) is 5.75 Å². The van der Waals surface area contributed by atoms with Crippen LogP contribution in [0.4, 0.5) is 0 Å². The molecule has 1 atom stereocenters. The SMILES string of the molecule is [CH2]CSCCOCC1CO1. The van der Waals surface area contributed by atoms with E-state index in [0.29, 0.717) is 6.10 Å². The lowest BCUT2D eigenvalue weighted by molar-refractivity contribution is 0.130. The topological polar surface area (TPSA) is 21.8 Å². The molecular formula is C7H13O2S. The van der Waals surface area contributed by atoms with E-state index >= 15 is 0 Å². The van der Waals surface area contributed by atoms with Gasteiger partial charge in [0.05, 0.1) is 19.8 Å². The van der Waals surface area contributed by atoms with Crippen LogP contribution >= 0.6 is 11.8 Å². The third-order valence-corrected chi connectivity index (χ3v) is 1.97. The van der Waals surface area contributed by atoms with E-state index in [4.69, 9.17) is 9.47 Å². The number of hydrogen-bond donors (Lipinski definition) is 0. The molecule has 0 spiro atoms. The summed E-state index contributed by atoms with van der Waals surface area (Å²) in [5.41, 5.74) is 0. The lowest BCUT2D eigenvalue weighted by Gasteiger charge is -1.99. The van der Waals surface area contributed by atoms with Gasteiger partial charge in [-0.1, -0.05) is 0 Å². The third kappa shape index (κ3) is 4.14. The Morgan fingerprint density at radius 1 is 1.70 bits per heavy atom. The lowest BCUT2D eigenvalue weighted by atomic mass is 10.5. The molecule has 0 aromatic carbocycles. The molecule has 0 N–H and O–H groups in total. The Hall–Kier alpha value is 0.270. The normalized spacial score (nSPS) is 23.1. The molecule has 2 nitrogen and oxygen atoms in total. The van der Waals surface area contributed by atoms with Gasteiger partial charge in [-0.15, -0.1) is 0 Å². The number of ether oxygens (including phenoxy) is 2. The van der Waals surface area contributed by atoms with Crippen LogP contribution in [0.2, 0.25) is 0 Å². The molecule has 1 radical (unpaired) electrons. The fraction of sp³-hybridized carbons (Fsp3) is 0.857. The van der Waals surface area contributed by atoms with E-state index in [2.05, 4.69) is 6.92 Å². The second-order valence-corrected chi connectivity index (χ2v) is 3.37. The summed E-state index contributed by atoms with van der Waals surface area (Å²) >= 11 is 1.80. The second kappa shape index (κ2) is 4.99. The largest absolute Gasteiger partial charge is 0.378 e. The molecule has 1 heterocycles. The molecule has 59 valence electrons. The Bertz CT molecular complexity index is 83.7. The maximum atomic E-state index is 5.29. The quantitative estimate of drug-likeness (QED) is 0.428. The molecule has 0 amide bonds. The van der Waals surface area contributed by atoms with Crippen molar-refractivity contribution in [3.8, 4) is 0 Å². The van der Waals surface area contributed by atoms with Crippen molar-refractivity contribution in [2.24, 2.45) is 0 Å². The van der Waals surface area contributed by atoms with Gasteiger partial charge in [-0.25, -0.2) is 0 Å². The lowest BCUT2D eigenvalue weighted by Crippen LogP contribution is -2.04. The number of rotatable bonds is 6. The average molecular weight is 161 g/mol. The zero-order valence-corrected chi connectivity index (χ0v) is 6.86. The van der Waals surface area contributed by atoms with Gasteiger partial charge in [0.1, 0.15) is 6.10 Å². The molecule has 0 aromatic rings. The van der Waals surface area contributed by atoms with E-state index in [1.165, 1.54) is 0 Å². The Morgan fingerprint density at radius 3 is 3.10 bits per heavy atom. The maximum Gasteiger partial charge on any atom is 0.104 e. The van der Waals surface area contributed by atoms with Gasteiger partial charge < -0.3 is 9.47 Å². The zero-order valence-electron chi connectivity index (χ0n) is 6.04. The first-order valence-electron chi connectivity index (χ1n) is 3.50. The van der Waals surface area contributed by atoms with Crippen LogP contribution in [0, 0.1) is 6.92 Å². The molecule has 1 rings (SSSR count). The molecule has 1 aliphatic rings. The molecule has 1 unspecified atom stereocenters. The smallest absolute Gasteiger partial charge is 0.104 e. The Balaban J connectivity index is 1.68. The van der Waals surface area contributed by atoms with Crippen LogP contribution in [0.3, 0.4) is 0 Å². The fourth-order valence-electron chi connectivity index (χ4n) is 0.599. The molecule has 10 heavy (non-hydrogen) atoms. The molecule has 0 bridgehead atoms. The number of hydrogen-bond acceptors (Lipinski definition) is 3. The number of epoxide rings is 1. The Labute approximate surface area is 66.3 Å². The highest BCUT2D eigenvalue weighted by molar-refractivity contribution is 7.99. The van der Waals surface area contributed by atoms with E-state index in [1.54, 1.807) is 11.8 Å².